The summed E-state index contributed by atoms with van der Waals surface area (Å²) in [6.45, 7) is 16.8. The molecule has 2 nitrogen and oxygen atoms in total. The van der Waals surface area contributed by atoms with E-state index in [0.29, 0.717) is 0 Å². The average molecular weight is 723 g/mol. The van der Waals surface area contributed by atoms with Crippen molar-refractivity contribution in [2.75, 3.05) is 9.80 Å². The second-order valence-corrected chi connectivity index (χ2v) is 17.9. The van der Waals surface area contributed by atoms with Crippen molar-refractivity contribution in [1.82, 2.24) is 0 Å². The minimum absolute atomic E-state index is 0.103. The number of para-hydroxylation sites is 2. The van der Waals surface area contributed by atoms with Gasteiger partial charge < -0.3 is 9.80 Å². The lowest BCUT2D eigenvalue weighted by Crippen LogP contribution is -2.43. The Hall–Kier alpha value is -6.12. The number of fused-ring (bicyclic) bond motifs is 2. The molecule has 11 rings (SSSR count). The topological polar surface area (TPSA) is 6.48 Å². The summed E-state index contributed by atoms with van der Waals surface area (Å²) in [4.78, 5) is 5.10. The second-order valence-electron chi connectivity index (χ2n) is 17.9. The van der Waals surface area contributed by atoms with Crippen LogP contribution in [0.5, 0.6) is 0 Å². The third-order valence-electron chi connectivity index (χ3n) is 13.6. The van der Waals surface area contributed by atoms with Crippen LogP contribution in [0.1, 0.15) is 80.5 Å². The van der Waals surface area contributed by atoms with E-state index in [1.165, 1.54) is 94.4 Å². The van der Waals surface area contributed by atoms with E-state index in [4.69, 9.17) is 0 Å². The van der Waals surface area contributed by atoms with Gasteiger partial charge >= 0.3 is 0 Å². The Kier molecular flexibility index (Phi) is 6.67. The molecule has 0 bridgehead atoms. The lowest BCUT2D eigenvalue weighted by Gasteiger charge is -2.55. The van der Waals surface area contributed by atoms with E-state index < -0.39 is 0 Å². The maximum absolute atomic E-state index is 2.66. The van der Waals surface area contributed by atoms with Gasteiger partial charge in [-0.05, 0) is 116 Å². The molecule has 0 aliphatic carbocycles. The van der Waals surface area contributed by atoms with Crippen molar-refractivity contribution < 1.29 is 0 Å². The number of hydrogen-bond acceptors (Lipinski definition) is 2. The summed E-state index contributed by atoms with van der Waals surface area (Å²) in [5, 5.41) is 4.96. The summed E-state index contributed by atoms with van der Waals surface area (Å²) >= 11 is 0. The van der Waals surface area contributed by atoms with Gasteiger partial charge in [-0.25, -0.2) is 0 Å². The number of aryl methyl sites for hydroxylation is 1. The first-order chi connectivity index (χ1) is 27.0. The van der Waals surface area contributed by atoms with Gasteiger partial charge in [0.2, 0.25) is 0 Å². The molecule has 2 heteroatoms. The van der Waals surface area contributed by atoms with Gasteiger partial charge in [0.25, 0.3) is 0 Å². The molecule has 0 spiro atoms. The van der Waals surface area contributed by atoms with Gasteiger partial charge in [0, 0.05) is 33.0 Å². The molecule has 3 aliphatic rings. The third kappa shape index (κ3) is 4.33. The van der Waals surface area contributed by atoms with Gasteiger partial charge in [0.1, 0.15) is 0 Å². The van der Waals surface area contributed by atoms with E-state index in [9.17, 15) is 0 Å². The summed E-state index contributed by atoms with van der Waals surface area (Å²) in [6, 6.07) is 57.2. The first-order valence-corrected chi connectivity index (χ1v) is 20.1. The van der Waals surface area contributed by atoms with Crippen LogP contribution < -0.4 is 9.80 Å². The number of nitrogens with zero attached hydrogens (tertiary/aromatic N) is 2. The zero-order valence-corrected chi connectivity index (χ0v) is 33.3. The normalized spacial score (nSPS) is 16.2. The molecule has 272 valence electrons. The Morgan fingerprint density at radius 1 is 0.411 bits per heavy atom. The fourth-order valence-electron chi connectivity index (χ4n) is 10.6. The van der Waals surface area contributed by atoms with Crippen LogP contribution in [0.25, 0.3) is 32.7 Å². The number of hydrogen-bond donors (Lipinski definition) is 0. The number of benzene rings is 8. The lowest BCUT2D eigenvalue weighted by atomic mass is 9.60. The molecular weight excluding hydrogens is 677 g/mol. The molecule has 8 aromatic rings. The molecule has 0 saturated heterocycles. The number of rotatable bonds is 4. The highest BCUT2D eigenvalue weighted by atomic mass is 15.2. The smallest absolute Gasteiger partial charge is 0.0544 e. The maximum Gasteiger partial charge on any atom is 0.0544 e. The molecular formula is C54H46N2. The molecule has 8 aromatic carbocycles. The molecule has 3 aliphatic heterocycles. The lowest BCUT2D eigenvalue weighted by molar-refractivity contribution is 0.567. The summed E-state index contributed by atoms with van der Waals surface area (Å²) in [5.74, 6) is 0. The Balaban J connectivity index is 1.16. The van der Waals surface area contributed by atoms with E-state index >= 15 is 0 Å². The maximum atomic E-state index is 2.66. The predicted molar refractivity (Wildman–Crippen MR) is 237 cm³/mol. The molecule has 0 radical (unpaired) electrons. The van der Waals surface area contributed by atoms with E-state index in [1.54, 1.807) is 0 Å². The van der Waals surface area contributed by atoms with Crippen molar-refractivity contribution in [3.05, 3.63) is 191 Å². The first-order valence-electron chi connectivity index (χ1n) is 20.1. The Morgan fingerprint density at radius 2 is 0.929 bits per heavy atom. The highest BCUT2D eigenvalue weighted by molar-refractivity contribution is 6.08. The second kappa shape index (κ2) is 11.2. The molecule has 3 heterocycles. The Labute approximate surface area is 330 Å². The molecule has 0 saturated carbocycles. The van der Waals surface area contributed by atoms with Gasteiger partial charge in [-0.2, -0.15) is 0 Å². The fourth-order valence-corrected chi connectivity index (χ4v) is 10.6. The highest BCUT2D eigenvalue weighted by Crippen LogP contribution is 2.66. The van der Waals surface area contributed by atoms with Crippen molar-refractivity contribution >= 4 is 55.7 Å². The van der Waals surface area contributed by atoms with Gasteiger partial charge in [-0.15, -0.1) is 0 Å². The van der Waals surface area contributed by atoms with E-state index in [-0.39, 0.29) is 16.2 Å². The summed E-state index contributed by atoms with van der Waals surface area (Å²) < 4.78 is 0. The first kappa shape index (κ1) is 33.2. The van der Waals surface area contributed by atoms with Crippen LogP contribution >= 0.6 is 0 Å². The van der Waals surface area contributed by atoms with Crippen LogP contribution in [-0.2, 0) is 16.2 Å². The highest BCUT2D eigenvalue weighted by Gasteiger charge is 2.51. The van der Waals surface area contributed by atoms with Gasteiger partial charge in [0.15, 0.2) is 0 Å². The van der Waals surface area contributed by atoms with Crippen LogP contribution in [0.3, 0.4) is 0 Å². The van der Waals surface area contributed by atoms with Gasteiger partial charge in [0.05, 0.1) is 22.7 Å². The van der Waals surface area contributed by atoms with Crippen molar-refractivity contribution in [1.29, 1.82) is 0 Å². The third-order valence-corrected chi connectivity index (χ3v) is 13.6. The van der Waals surface area contributed by atoms with Crippen LogP contribution in [0.4, 0.5) is 34.1 Å². The number of anilines is 6. The van der Waals surface area contributed by atoms with Crippen molar-refractivity contribution in [3.63, 3.8) is 0 Å². The zero-order chi connectivity index (χ0) is 38.3. The van der Waals surface area contributed by atoms with Crippen LogP contribution in [-0.4, -0.2) is 0 Å². The average Bonchev–Trinajstić information content (AvgIpc) is 3.20. The summed E-state index contributed by atoms with van der Waals surface area (Å²) in [7, 11) is 0. The minimum atomic E-state index is -0.203. The van der Waals surface area contributed by atoms with Crippen molar-refractivity contribution in [2.24, 2.45) is 0 Å². The van der Waals surface area contributed by atoms with E-state index in [1.807, 2.05) is 0 Å². The summed E-state index contributed by atoms with van der Waals surface area (Å²) in [6.07, 6.45) is 0. The van der Waals surface area contributed by atoms with E-state index in [2.05, 4.69) is 210 Å². The fraction of sp³-hybridized carbons (Fsp3) is 0.185. The molecule has 0 aromatic heterocycles. The van der Waals surface area contributed by atoms with E-state index in [0.717, 1.165) is 11.4 Å². The predicted octanol–water partition coefficient (Wildman–Crippen LogP) is 14.8. The van der Waals surface area contributed by atoms with Crippen LogP contribution in [0.2, 0.25) is 0 Å². The molecule has 0 fully saturated rings. The van der Waals surface area contributed by atoms with Crippen LogP contribution in [0.15, 0.2) is 152 Å². The molecule has 0 N–H and O–H groups in total. The minimum Gasteiger partial charge on any atom is -0.310 e. The van der Waals surface area contributed by atoms with Crippen molar-refractivity contribution in [2.45, 2.75) is 64.7 Å². The quantitative estimate of drug-likeness (QED) is 0.178. The van der Waals surface area contributed by atoms with Gasteiger partial charge in [-0.1, -0.05) is 151 Å². The Bertz CT molecular complexity index is 2890. The van der Waals surface area contributed by atoms with Crippen LogP contribution in [0, 0.1) is 6.92 Å². The summed E-state index contributed by atoms with van der Waals surface area (Å²) in [5.41, 5.74) is 19.3. The van der Waals surface area contributed by atoms with Gasteiger partial charge in [-0.3, -0.25) is 0 Å². The molecule has 56 heavy (non-hydrogen) atoms. The zero-order valence-electron chi connectivity index (χ0n) is 33.3. The molecule has 0 unspecified atom stereocenters. The Morgan fingerprint density at radius 3 is 1.55 bits per heavy atom. The largest absolute Gasteiger partial charge is 0.310 e. The SMILES string of the molecule is Cc1cccc(N(c2ccc3ccccc3c2)c2ccc(-c3cc4c5c(c3)C(C)(C)c3cccc6c3N5c3c(cccc3C4(C)C)C6(C)C)c3ccccc23)c1. The van der Waals surface area contributed by atoms with Crippen molar-refractivity contribution in [3.8, 4) is 11.1 Å². The molecule has 0 amide bonds. The molecule has 0 atom stereocenters. The monoisotopic (exact) mass is 722 g/mol. The standard InChI is InChI=1S/C54H46N2/c1-33-15-12-18-37(29-33)55(38-26-25-34-16-8-9-17-35(34)30-38)48-28-27-39(40-19-10-11-20-41(40)48)36-31-46-51-47(32-36)54(6,7)45-24-14-22-43-50(45)56(51)49-42(52(43,2)3)21-13-23-44(49)53(46,4)5/h8-32H,1-7H3.